The maximum absolute atomic E-state index is 12.5. The Morgan fingerprint density at radius 3 is 2.00 bits per heavy atom. The summed E-state index contributed by atoms with van der Waals surface area (Å²) in [5.74, 6) is -1.09. The van der Waals surface area contributed by atoms with Gasteiger partial charge in [0.05, 0.1) is 11.8 Å². The van der Waals surface area contributed by atoms with Crippen molar-refractivity contribution in [2.45, 2.75) is 77.2 Å². The molecule has 2 saturated carbocycles. The van der Waals surface area contributed by atoms with Crippen molar-refractivity contribution < 1.29 is 14.7 Å². The number of hydrogen-bond donors (Lipinski definition) is 2. The lowest BCUT2D eigenvalue weighted by molar-refractivity contribution is -0.149. The maximum Gasteiger partial charge on any atom is 0.307 e. The summed E-state index contributed by atoms with van der Waals surface area (Å²) in [7, 11) is 0. The van der Waals surface area contributed by atoms with Crippen molar-refractivity contribution in [2.75, 3.05) is 0 Å². The van der Waals surface area contributed by atoms with E-state index in [0.717, 1.165) is 19.3 Å². The monoisotopic (exact) mass is 295 g/mol. The highest BCUT2D eigenvalue weighted by Gasteiger charge is 2.36. The van der Waals surface area contributed by atoms with Crippen LogP contribution in [0.4, 0.5) is 0 Å². The van der Waals surface area contributed by atoms with E-state index in [1.807, 2.05) is 0 Å². The summed E-state index contributed by atoms with van der Waals surface area (Å²) in [6.07, 6.45) is 10.8. The first kappa shape index (κ1) is 16.3. The third kappa shape index (κ3) is 4.45. The molecule has 2 N–H and O–H groups in total. The van der Waals surface area contributed by atoms with Crippen LogP contribution in [0, 0.1) is 17.8 Å². The minimum atomic E-state index is -0.808. The Balaban J connectivity index is 1.90. The van der Waals surface area contributed by atoms with Crippen molar-refractivity contribution in [1.29, 1.82) is 0 Å². The molecule has 0 bridgehead atoms. The standard InChI is InChI=1S/C17H29NO3/c1-12(13-8-4-2-3-5-9-13)18-16(19)14-10-6-7-11-15(14)17(20)21/h12-15H,2-11H2,1H3,(H,18,19)(H,20,21)/t12-,14?,15?/m1/s1. The van der Waals surface area contributed by atoms with Gasteiger partial charge in [0.25, 0.3) is 0 Å². The molecule has 2 rings (SSSR count). The van der Waals surface area contributed by atoms with Crippen molar-refractivity contribution in [3.05, 3.63) is 0 Å². The van der Waals surface area contributed by atoms with E-state index in [1.54, 1.807) is 0 Å². The predicted octanol–water partition coefficient (Wildman–Crippen LogP) is 3.35. The zero-order chi connectivity index (χ0) is 15.2. The number of rotatable bonds is 4. The molecular formula is C17H29NO3. The Kier molecular flexibility index (Phi) is 6.07. The molecule has 0 radical (unpaired) electrons. The van der Waals surface area contributed by atoms with Crippen LogP contribution in [0.15, 0.2) is 0 Å². The number of aliphatic carboxylic acids is 1. The quantitative estimate of drug-likeness (QED) is 0.782. The summed E-state index contributed by atoms with van der Waals surface area (Å²) < 4.78 is 0. The lowest BCUT2D eigenvalue weighted by Gasteiger charge is -2.30. The number of hydrogen-bond acceptors (Lipinski definition) is 2. The second-order valence-electron chi connectivity index (χ2n) is 6.88. The van der Waals surface area contributed by atoms with Gasteiger partial charge in [-0.3, -0.25) is 9.59 Å². The lowest BCUT2D eigenvalue weighted by atomic mass is 9.78. The topological polar surface area (TPSA) is 66.4 Å². The summed E-state index contributed by atoms with van der Waals surface area (Å²) in [6.45, 7) is 2.09. The molecule has 0 aliphatic heterocycles. The van der Waals surface area contributed by atoms with Gasteiger partial charge in [0.1, 0.15) is 0 Å². The molecule has 0 aromatic rings. The molecule has 0 saturated heterocycles. The molecular weight excluding hydrogens is 266 g/mol. The maximum atomic E-state index is 12.5. The second kappa shape index (κ2) is 7.81. The third-order valence-electron chi connectivity index (χ3n) is 5.40. The minimum absolute atomic E-state index is 0.0288. The first-order valence-electron chi connectivity index (χ1n) is 8.62. The molecule has 2 unspecified atom stereocenters. The highest BCUT2D eigenvalue weighted by molar-refractivity contribution is 5.85. The molecule has 4 heteroatoms. The highest BCUT2D eigenvalue weighted by atomic mass is 16.4. The first-order valence-corrected chi connectivity index (χ1v) is 8.62. The Morgan fingerprint density at radius 1 is 0.905 bits per heavy atom. The predicted molar refractivity (Wildman–Crippen MR) is 81.9 cm³/mol. The van der Waals surface area contributed by atoms with Gasteiger partial charge >= 0.3 is 5.97 Å². The number of carboxylic acids is 1. The van der Waals surface area contributed by atoms with Crippen LogP contribution in [0.5, 0.6) is 0 Å². The summed E-state index contributed by atoms with van der Waals surface area (Å²) in [5, 5.41) is 12.4. The van der Waals surface area contributed by atoms with Crippen LogP contribution in [-0.4, -0.2) is 23.0 Å². The molecule has 2 aliphatic carbocycles. The average Bonchev–Trinajstić information content (AvgIpc) is 2.76. The summed E-state index contributed by atoms with van der Waals surface area (Å²) in [4.78, 5) is 23.8. The van der Waals surface area contributed by atoms with Crippen LogP contribution in [0.25, 0.3) is 0 Å². The van der Waals surface area contributed by atoms with Gasteiger partial charge in [-0.25, -0.2) is 0 Å². The fourth-order valence-electron chi connectivity index (χ4n) is 4.00. The molecule has 3 atom stereocenters. The van der Waals surface area contributed by atoms with Gasteiger partial charge in [0.15, 0.2) is 0 Å². The minimum Gasteiger partial charge on any atom is -0.481 e. The molecule has 21 heavy (non-hydrogen) atoms. The second-order valence-corrected chi connectivity index (χ2v) is 6.88. The van der Waals surface area contributed by atoms with E-state index in [1.165, 1.54) is 38.5 Å². The molecule has 0 aromatic heterocycles. The van der Waals surface area contributed by atoms with Crippen LogP contribution >= 0.6 is 0 Å². The molecule has 0 aromatic carbocycles. The first-order chi connectivity index (χ1) is 10.1. The molecule has 2 aliphatic rings. The van der Waals surface area contributed by atoms with Crippen molar-refractivity contribution in [2.24, 2.45) is 17.8 Å². The van der Waals surface area contributed by atoms with Gasteiger partial charge in [-0.1, -0.05) is 38.5 Å². The van der Waals surface area contributed by atoms with Crippen molar-refractivity contribution >= 4 is 11.9 Å². The largest absolute Gasteiger partial charge is 0.481 e. The normalized spacial score (nSPS) is 29.4. The third-order valence-corrected chi connectivity index (χ3v) is 5.40. The summed E-state index contributed by atoms with van der Waals surface area (Å²) in [5.41, 5.74) is 0. The Labute approximate surface area is 127 Å². The van der Waals surface area contributed by atoms with Crippen molar-refractivity contribution in [1.82, 2.24) is 5.32 Å². The smallest absolute Gasteiger partial charge is 0.307 e. The zero-order valence-electron chi connectivity index (χ0n) is 13.1. The van der Waals surface area contributed by atoms with Gasteiger partial charge in [0, 0.05) is 6.04 Å². The van der Waals surface area contributed by atoms with Crippen LogP contribution in [0.3, 0.4) is 0 Å². The number of carbonyl (C=O) groups excluding carboxylic acids is 1. The van der Waals surface area contributed by atoms with E-state index in [2.05, 4.69) is 12.2 Å². The van der Waals surface area contributed by atoms with Crippen molar-refractivity contribution in [3.63, 3.8) is 0 Å². The molecule has 1 amide bonds. The molecule has 0 heterocycles. The van der Waals surface area contributed by atoms with Crippen LogP contribution in [0.2, 0.25) is 0 Å². The molecule has 120 valence electrons. The number of amides is 1. The van der Waals surface area contributed by atoms with Gasteiger partial charge < -0.3 is 10.4 Å². The molecule has 0 spiro atoms. The number of carboxylic acid groups (broad SMARTS) is 1. The van der Waals surface area contributed by atoms with Gasteiger partial charge in [-0.2, -0.15) is 0 Å². The van der Waals surface area contributed by atoms with E-state index in [4.69, 9.17) is 0 Å². The average molecular weight is 295 g/mol. The Bertz CT molecular complexity index is 361. The zero-order valence-corrected chi connectivity index (χ0v) is 13.1. The van der Waals surface area contributed by atoms with Crippen LogP contribution in [-0.2, 0) is 9.59 Å². The Morgan fingerprint density at radius 2 is 1.43 bits per heavy atom. The summed E-state index contributed by atoms with van der Waals surface area (Å²) in [6, 6.07) is 0.173. The van der Waals surface area contributed by atoms with Crippen LogP contribution in [0.1, 0.15) is 71.1 Å². The van der Waals surface area contributed by atoms with Gasteiger partial charge in [-0.15, -0.1) is 0 Å². The van der Waals surface area contributed by atoms with Gasteiger partial charge in [-0.05, 0) is 38.5 Å². The SMILES string of the molecule is C[C@@H](NC(=O)C1CCCCC1C(=O)O)C1CCCCCC1. The van der Waals surface area contributed by atoms with E-state index in [0.29, 0.717) is 12.3 Å². The van der Waals surface area contributed by atoms with E-state index >= 15 is 0 Å². The number of nitrogens with one attached hydrogen (secondary N) is 1. The van der Waals surface area contributed by atoms with E-state index in [9.17, 15) is 14.7 Å². The van der Waals surface area contributed by atoms with Crippen molar-refractivity contribution in [3.8, 4) is 0 Å². The lowest BCUT2D eigenvalue weighted by Crippen LogP contribution is -2.45. The Hall–Kier alpha value is -1.06. The molecule has 2 fully saturated rings. The highest BCUT2D eigenvalue weighted by Crippen LogP contribution is 2.31. The summed E-state index contributed by atoms with van der Waals surface area (Å²) >= 11 is 0. The van der Waals surface area contributed by atoms with E-state index in [-0.39, 0.29) is 17.9 Å². The van der Waals surface area contributed by atoms with Gasteiger partial charge in [0.2, 0.25) is 5.91 Å². The fourth-order valence-corrected chi connectivity index (χ4v) is 4.00. The number of carbonyl (C=O) groups is 2. The molecule has 4 nitrogen and oxygen atoms in total. The van der Waals surface area contributed by atoms with E-state index < -0.39 is 11.9 Å². The fraction of sp³-hybridized carbons (Fsp3) is 0.882. The van der Waals surface area contributed by atoms with Crippen LogP contribution < -0.4 is 5.32 Å².